The lowest BCUT2D eigenvalue weighted by Crippen LogP contribution is -2.41. The van der Waals surface area contributed by atoms with Crippen LogP contribution in [0.15, 0.2) is 0 Å². The first kappa shape index (κ1) is 13.5. The van der Waals surface area contributed by atoms with Gasteiger partial charge in [-0.25, -0.2) is 0 Å². The van der Waals surface area contributed by atoms with E-state index in [9.17, 15) is 9.90 Å². The summed E-state index contributed by atoms with van der Waals surface area (Å²) < 4.78 is 0. The van der Waals surface area contributed by atoms with Gasteiger partial charge in [0.1, 0.15) is 12.2 Å². The van der Waals surface area contributed by atoms with Gasteiger partial charge in [-0.2, -0.15) is 0 Å². The molecule has 0 aliphatic carbocycles. The molecule has 0 saturated heterocycles. The molecule has 0 bridgehead atoms. The Labute approximate surface area is 83.8 Å². The highest BCUT2D eigenvalue weighted by atomic mass is 16.3. The van der Waals surface area contributed by atoms with Gasteiger partial charge in [0.2, 0.25) is 0 Å². The van der Waals surface area contributed by atoms with Gasteiger partial charge in [-0.1, -0.05) is 13.3 Å². The van der Waals surface area contributed by atoms with E-state index < -0.39 is 24.6 Å². The van der Waals surface area contributed by atoms with Crippen LogP contribution in [0, 0.1) is 0 Å². The summed E-state index contributed by atoms with van der Waals surface area (Å²) in [5.74, 6) is -0.739. The van der Waals surface area contributed by atoms with Crippen LogP contribution in [-0.2, 0) is 4.79 Å². The minimum atomic E-state index is -1.47. The first-order valence-electron chi connectivity index (χ1n) is 4.84. The van der Waals surface area contributed by atoms with Crippen LogP contribution < -0.4 is 5.32 Å². The zero-order valence-corrected chi connectivity index (χ0v) is 8.44. The average Bonchev–Trinajstić information content (AvgIpc) is 2.21. The number of ketones is 1. The maximum absolute atomic E-state index is 11.0. The SMILES string of the molecule is CCCCNC[C@H](O)C(=O)C(O)CO. The first-order valence-corrected chi connectivity index (χ1v) is 4.84. The number of unbranched alkanes of at least 4 members (excludes halogenated alkanes) is 1. The molecule has 0 aromatic carbocycles. The first-order chi connectivity index (χ1) is 6.63. The zero-order valence-electron chi connectivity index (χ0n) is 8.44. The summed E-state index contributed by atoms with van der Waals surface area (Å²) in [5, 5.41) is 29.5. The summed E-state index contributed by atoms with van der Waals surface area (Å²) in [7, 11) is 0. The molecule has 0 heterocycles. The Morgan fingerprint density at radius 1 is 1.36 bits per heavy atom. The van der Waals surface area contributed by atoms with Crippen LogP contribution in [-0.4, -0.2) is 53.0 Å². The number of aliphatic hydroxyl groups is 3. The third-order valence-electron chi connectivity index (χ3n) is 1.87. The minimum absolute atomic E-state index is 0.121. The van der Waals surface area contributed by atoms with Crippen molar-refractivity contribution in [3.05, 3.63) is 0 Å². The lowest BCUT2D eigenvalue weighted by Gasteiger charge is -2.13. The molecular weight excluding hydrogens is 186 g/mol. The predicted molar refractivity (Wildman–Crippen MR) is 51.9 cm³/mol. The number of rotatable bonds is 8. The van der Waals surface area contributed by atoms with E-state index in [4.69, 9.17) is 10.2 Å². The van der Waals surface area contributed by atoms with Gasteiger partial charge in [0, 0.05) is 6.54 Å². The second kappa shape index (κ2) is 7.87. The normalized spacial score (nSPS) is 15.1. The minimum Gasteiger partial charge on any atom is -0.393 e. The number of Topliss-reactive ketones (excluding diaryl/α,β-unsaturated/α-hetero) is 1. The molecule has 5 nitrogen and oxygen atoms in total. The Hall–Kier alpha value is -0.490. The molecule has 0 aliphatic heterocycles. The van der Waals surface area contributed by atoms with Crippen LogP contribution in [0.4, 0.5) is 0 Å². The number of carbonyl (C=O) groups is 1. The summed E-state index contributed by atoms with van der Waals surface area (Å²) in [5.41, 5.74) is 0. The van der Waals surface area contributed by atoms with Gasteiger partial charge < -0.3 is 20.6 Å². The molecule has 84 valence electrons. The van der Waals surface area contributed by atoms with Crippen molar-refractivity contribution >= 4 is 5.78 Å². The van der Waals surface area contributed by atoms with Gasteiger partial charge in [-0.15, -0.1) is 0 Å². The second-order valence-electron chi connectivity index (χ2n) is 3.17. The number of hydrogen-bond acceptors (Lipinski definition) is 5. The molecule has 14 heavy (non-hydrogen) atoms. The van der Waals surface area contributed by atoms with Gasteiger partial charge in [0.15, 0.2) is 5.78 Å². The van der Waals surface area contributed by atoms with Gasteiger partial charge in [0.25, 0.3) is 0 Å². The topological polar surface area (TPSA) is 89.8 Å². The Morgan fingerprint density at radius 3 is 2.50 bits per heavy atom. The number of carbonyl (C=O) groups excluding carboxylic acids is 1. The van der Waals surface area contributed by atoms with Crippen molar-refractivity contribution < 1.29 is 20.1 Å². The van der Waals surface area contributed by atoms with Crippen LogP contribution in [0.3, 0.4) is 0 Å². The molecule has 0 spiro atoms. The van der Waals surface area contributed by atoms with Gasteiger partial charge in [0.05, 0.1) is 6.61 Å². The molecule has 0 radical (unpaired) electrons. The third kappa shape index (κ3) is 5.29. The molecule has 0 aromatic heterocycles. The molecular formula is C9H19NO4. The average molecular weight is 205 g/mol. The van der Waals surface area contributed by atoms with Crippen LogP contribution >= 0.6 is 0 Å². The van der Waals surface area contributed by atoms with Crippen molar-refractivity contribution in [2.75, 3.05) is 19.7 Å². The summed E-state index contributed by atoms with van der Waals surface area (Å²) in [4.78, 5) is 11.0. The van der Waals surface area contributed by atoms with Gasteiger partial charge in [-0.05, 0) is 13.0 Å². The summed E-state index contributed by atoms with van der Waals surface area (Å²) in [6.45, 7) is 2.25. The molecule has 1 unspecified atom stereocenters. The largest absolute Gasteiger partial charge is 0.393 e. The van der Waals surface area contributed by atoms with E-state index in [0.29, 0.717) is 0 Å². The van der Waals surface area contributed by atoms with E-state index in [1.54, 1.807) is 0 Å². The molecule has 5 heteroatoms. The molecule has 0 aromatic rings. The van der Waals surface area contributed by atoms with E-state index in [-0.39, 0.29) is 6.54 Å². The Bertz CT molecular complexity index is 163. The molecule has 2 atom stereocenters. The highest BCUT2D eigenvalue weighted by molar-refractivity contribution is 5.87. The van der Waals surface area contributed by atoms with E-state index in [1.165, 1.54) is 0 Å². The standard InChI is InChI=1S/C9H19NO4/c1-2-3-4-10-5-7(12)9(14)8(13)6-11/h7-8,10-13H,2-6H2,1H3/t7-,8?/m0/s1. The highest BCUT2D eigenvalue weighted by Gasteiger charge is 2.21. The lowest BCUT2D eigenvalue weighted by molar-refractivity contribution is -0.137. The van der Waals surface area contributed by atoms with E-state index in [2.05, 4.69) is 5.32 Å². The molecule has 0 fully saturated rings. The maximum atomic E-state index is 11.0. The lowest BCUT2D eigenvalue weighted by atomic mass is 10.1. The van der Waals surface area contributed by atoms with Crippen molar-refractivity contribution in [2.24, 2.45) is 0 Å². The third-order valence-corrected chi connectivity index (χ3v) is 1.87. The van der Waals surface area contributed by atoms with E-state index in [1.807, 2.05) is 6.92 Å². The number of hydrogen-bond donors (Lipinski definition) is 4. The Balaban J connectivity index is 3.62. The van der Waals surface area contributed by atoms with Crippen molar-refractivity contribution in [1.29, 1.82) is 0 Å². The fourth-order valence-electron chi connectivity index (χ4n) is 0.953. The fourth-order valence-corrected chi connectivity index (χ4v) is 0.953. The van der Waals surface area contributed by atoms with Crippen LogP contribution in [0.25, 0.3) is 0 Å². The maximum Gasteiger partial charge on any atom is 0.193 e. The van der Waals surface area contributed by atoms with Crippen molar-refractivity contribution in [3.8, 4) is 0 Å². The van der Waals surface area contributed by atoms with E-state index in [0.717, 1.165) is 19.4 Å². The van der Waals surface area contributed by atoms with Gasteiger partial charge in [-0.3, -0.25) is 4.79 Å². The van der Waals surface area contributed by atoms with Crippen molar-refractivity contribution in [2.45, 2.75) is 32.0 Å². The monoisotopic (exact) mass is 205 g/mol. The summed E-state index contributed by atoms with van der Waals surface area (Å²) in [6.07, 6.45) is -0.702. The van der Waals surface area contributed by atoms with Crippen molar-refractivity contribution in [1.82, 2.24) is 5.32 Å². The highest BCUT2D eigenvalue weighted by Crippen LogP contribution is 1.92. The smallest absolute Gasteiger partial charge is 0.193 e. The number of nitrogens with one attached hydrogen (secondary N) is 1. The van der Waals surface area contributed by atoms with Gasteiger partial charge >= 0.3 is 0 Å². The predicted octanol–water partition coefficient (Wildman–Crippen LogP) is -1.34. The Morgan fingerprint density at radius 2 is 2.00 bits per heavy atom. The zero-order chi connectivity index (χ0) is 11.0. The summed E-state index contributed by atoms with van der Waals surface area (Å²) in [6, 6.07) is 0. The van der Waals surface area contributed by atoms with E-state index >= 15 is 0 Å². The quantitative estimate of drug-likeness (QED) is 0.368. The summed E-state index contributed by atoms with van der Waals surface area (Å²) >= 11 is 0. The molecule has 0 aliphatic rings. The Kier molecular flexibility index (Phi) is 7.60. The van der Waals surface area contributed by atoms with Crippen LogP contribution in [0.1, 0.15) is 19.8 Å². The van der Waals surface area contributed by atoms with Crippen LogP contribution in [0.2, 0.25) is 0 Å². The second-order valence-corrected chi connectivity index (χ2v) is 3.17. The molecule has 0 rings (SSSR count). The fraction of sp³-hybridized carbons (Fsp3) is 0.889. The molecule has 4 N–H and O–H groups in total. The molecule has 0 amide bonds. The van der Waals surface area contributed by atoms with Crippen molar-refractivity contribution in [3.63, 3.8) is 0 Å². The van der Waals surface area contributed by atoms with Crippen LogP contribution in [0.5, 0.6) is 0 Å². The number of aliphatic hydroxyl groups excluding tert-OH is 3. The molecule has 0 saturated carbocycles.